The number of rotatable bonds is 4. The highest BCUT2D eigenvalue weighted by molar-refractivity contribution is 5.22. The van der Waals surface area contributed by atoms with Gasteiger partial charge in [-0.2, -0.15) is 0 Å². The van der Waals surface area contributed by atoms with Crippen LogP contribution in [0.1, 0.15) is 43.1 Å². The van der Waals surface area contributed by atoms with Crippen molar-refractivity contribution >= 4 is 0 Å². The summed E-state index contributed by atoms with van der Waals surface area (Å²) in [5, 5.41) is 3.62. The summed E-state index contributed by atoms with van der Waals surface area (Å²) in [7, 11) is 0. The minimum Gasteiger partial charge on any atom is -0.347 e. The summed E-state index contributed by atoms with van der Waals surface area (Å²) < 4.78 is 0. The summed E-state index contributed by atoms with van der Waals surface area (Å²) in [4.78, 5) is 7.45. The van der Waals surface area contributed by atoms with E-state index < -0.39 is 0 Å². The smallest absolute Gasteiger partial charge is 0.122 e. The van der Waals surface area contributed by atoms with Crippen molar-refractivity contribution < 1.29 is 0 Å². The van der Waals surface area contributed by atoms with Crippen molar-refractivity contribution in [2.45, 2.75) is 37.8 Å². The molecule has 1 aliphatic rings. The maximum atomic E-state index is 4.29. The first-order chi connectivity index (χ1) is 8.83. The number of aromatic amines is 1. The molecule has 0 saturated heterocycles. The van der Waals surface area contributed by atoms with Gasteiger partial charge in [0.25, 0.3) is 0 Å². The molecule has 0 radical (unpaired) electrons. The maximum absolute atomic E-state index is 4.29. The number of hydrogen-bond donors (Lipinski definition) is 2. The third kappa shape index (κ3) is 2.31. The van der Waals surface area contributed by atoms with Gasteiger partial charge in [0, 0.05) is 18.4 Å². The first kappa shape index (κ1) is 11.5. The molecular weight excluding hydrogens is 222 g/mol. The van der Waals surface area contributed by atoms with E-state index in [9.17, 15) is 0 Å². The zero-order chi connectivity index (χ0) is 12.4. The van der Waals surface area contributed by atoms with E-state index in [1.807, 2.05) is 6.20 Å². The molecule has 18 heavy (non-hydrogen) atoms. The highest BCUT2D eigenvalue weighted by Gasteiger charge is 2.31. The molecule has 0 aliphatic heterocycles. The van der Waals surface area contributed by atoms with Crippen LogP contribution in [-0.2, 0) is 0 Å². The largest absolute Gasteiger partial charge is 0.347 e. The summed E-state index contributed by atoms with van der Waals surface area (Å²) in [6, 6.07) is 11.7. The Hall–Kier alpha value is -1.61. The van der Waals surface area contributed by atoms with E-state index in [0.717, 1.165) is 11.7 Å². The van der Waals surface area contributed by atoms with Crippen molar-refractivity contribution in [3.8, 4) is 0 Å². The molecule has 3 nitrogen and oxygen atoms in total. The van der Waals surface area contributed by atoms with Gasteiger partial charge < -0.3 is 10.3 Å². The van der Waals surface area contributed by atoms with Crippen molar-refractivity contribution in [3.63, 3.8) is 0 Å². The Bertz CT molecular complexity index is 472. The lowest BCUT2D eigenvalue weighted by molar-refractivity contribution is 0.268. The van der Waals surface area contributed by atoms with Gasteiger partial charge in [0.05, 0.1) is 6.04 Å². The van der Waals surface area contributed by atoms with Crippen LogP contribution in [0.4, 0.5) is 0 Å². The van der Waals surface area contributed by atoms with Gasteiger partial charge in [-0.15, -0.1) is 0 Å². The molecule has 1 atom stereocenters. The number of hydrogen-bond acceptors (Lipinski definition) is 2. The number of aromatic nitrogens is 2. The van der Waals surface area contributed by atoms with E-state index in [-0.39, 0.29) is 0 Å². The second kappa shape index (κ2) is 4.94. The lowest BCUT2D eigenvalue weighted by Gasteiger charge is -2.37. The molecule has 0 amide bonds. The molecular formula is C15H19N3. The van der Waals surface area contributed by atoms with Crippen molar-refractivity contribution in [3.05, 3.63) is 54.1 Å². The van der Waals surface area contributed by atoms with Crippen molar-refractivity contribution in [2.24, 2.45) is 0 Å². The maximum Gasteiger partial charge on any atom is 0.122 e. The SMILES string of the molecule is CC(NC1CC(c2ccccc2)C1)c1ncc[nH]1. The van der Waals surface area contributed by atoms with E-state index in [2.05, 4.69) is 52.5 Å². The fraction of sp³-hybridized carbons (Fsp3) is 0.400. The van der Waals surface area contributed by atoms with Gasteiger partial charge in [-0.3, -0.25) is 0 Å². The average molecular weight is 241 g/mol. The quantitative estimate of drug-likeness (QED) is 0.864. The molecule has 0 bridgehead atoms. The molecule has 3 heteroatoms. The first-order valence-electron chi connectivity index (χ1n) is 6.63. The summed E-state index contributed by atoms with van der Waals surface area (Å²) in [6.07, 6.45) is 6.15. The summed E-state index contributed by atoms with van der Waals surface area (Å²) in [5.74, 6) is 1.76. The molecule has 1 aromatic carbocycles. The zero-order valence-electron chi connectivity index (χ0n) is 10.6. The number of imidazole rings is 1. The van der Waals surface area contributed by atoms with Crippen molar-refractivity contribution in [2.75, 3.05) is 0 Å². The standard InChI is InChI=1S/C15H19N3/c1-11(15-16-7-8-17-15)18-14-9-13(10-14)12-5-3-2-4-6-12/h2-8,11,13-14,18H,9-10H2,1H3,(H,16,17). The predicted molar refractivity (Wildman–Crippen MR) is 72.3 cm³/mol. The minimum atomic E-state index is 0.307. The summed E-state index contributed by atoms with van der Waals surface area (Å²) in [5.41, 5.74) is 1.47. The Labute approximate surface area is 108 Å². The normalized spacial score (nSPS) is 24.5. The van der Waals surface area contributed by atoms with Crippen LogP contribution in [0.5, 0.6) is 0 Å². The van der Waals surface area contributed by atoms with Gasteiger partial charge in [-0.25, -0.2) is 4.98 Å². The fourth-order valence-corrected chi connectivity index (χ4v) is 2.70. The summed E-state index contributed by atoms with van der Waals surface area (Å²) in [6.45, 7) is 2.16. The number of benzene rings is 1. The molecule has 3 rings (SSSR count). The molecule has 1 unspecified atom stereocenters. The molecule has 1 fully saturated rings. The number of nitrogens with one attached hydrogen (secondary N) is 2. The average Bonchev–Trinajstić information content (AvgIpc) is 2.88. The van der Waals surface area contributed by atoms with E-state index in [1.54, 1.807) is 6.20 Å². The lowest BCUT2D eigenvalue weighted by atomic mass is 9.75. The zero-order valence-corrected chi connectivity index (χ0v) is 10.6. The highest BCUT2D eigenvalue weighted by atomic mass is 15.0. The van der Waals surface area contributed by atoms with Crippen molar-refractivity contribution in [1.82, 2.24) is 15.3 Å². The number of nitrogens with zero attached hydrogens (tertiary/aromatic N) is 1. The Kier molecular flexibility index (Phi) is 3.15. The fourth-order valence-electron chi connectivity index (χ4n) is 2.70. The van der Waals surface area contributed by atoms with E-state index >= 15 is 0 Å². The van der Waals surface area contributed by atoms with Crippen LogP contribution in [0.3, 0.4) is 0 Å². The molecule has 94 valence electrons. The van der Waals surface area contributed by atoms with Gasteiger partial charge in [0.2, 0.25) is 0 Å². The third-order valence-electron chi connectivity index (χ3n) is 3.82. The van der Waals surface area contributed by atoms with Crippen LogP contribution < -0.4 is 5.32 Å². The van der Waals surface area contributed by atoms with E-state index in [1.165, 1.54) is 18.4 Å². The van der Waals surface area contributed by atoms with Gasteiger partial charge in [0.1, 0.15) is 5.82 Å². The Morgan fingerprint density at radius 2 is 2.06 bits per heavy atom. The molecule has 2 aromatic rings. The van der Waals surface area contributed by atoms with E-state index in [0.29, 0.717) is 12.1 Å². The second-order valence-electron chi connectivity index (χ2n) is 5.14. The van der Waals surface area contributed by atoms with Crippen LogP contribution >= 0.6 is 0 Å². The lowest BCUT2D eigenvalue weighted by Crippen LogP contribution is -2.41. The molecule has 2 N–H and O–H groups in total. The Balaban J connectivity index is 1.51. The highest BCUT2D eigenvalue weighted by Crippen LogP contribution is 2.37. The number of H-pyrrole nitrogens is 1. The van der Waals surface area contributed by atoms with Crippen molar-refractivity contribution in [1.29, 1.82) is 0 Å². The van der Waals surface area contributed by atoms with Gasteiger partial charge >= 0.3 is 0 Å². The summed E-state index contributed by atoms with van der Waals surface area (Å²) >= 11 is 0. The van der Waals surface area contributed by atoms with Gasteiger partial charge in [0.15, 0.2) is 0 Å². The Morgan fingerprint density at radius 1 is 1.28 bits per heavy atom. The van der Waals surface area contributed by atoms with Crippen LogP contribution in [0.2, 0.25) is 0 Å². The van der Waals surface area contributed by atoms with Gasteiger partial charge in [-0.05, 0) is 31.2 Å². The van der Waals surface area contributed by atoms with Crippen LogP contribution in [0.25, 0.3) is 0 Å². The van der Waals surface area contributed by atoms with Gasteiger partial charge in [-0.1, -0.05) is 30.3 Å². The monoisotopic (exact) mass is 241 g/mol. The topological polar surface area (TPSA) is 40.7 Å². The predicted octanol–water partition coefficient (Wildman–Crippen LogP) is 3.01. The molecule has 1 heterocycles. The first-order valence-corrected chi connectivity index (χ1v) is 6.63. The minimum absolute atomic E-state index is 0.307. The third-order valence-corrected chi connectivity index (χ3v) is 3.82. The van der Waals surface area contributed by atoms with Crippen LogP contribution in [-0.4, -0.2) is 16.0 Å². The second-order valence-corrected chi connectivity index (χ2v) is 5.14. The van der Waals surface area contributed by atoms with Crippen LogP contribution in [0.15, 0.2) is 42.7 Å². The molecule has 1 saturated carbocycles. The molecule has 0 spiro atoms. The molecule has 1 aromatic heterocycles. The van der Waals surface area contributed by atoms with E-state index in [4.69, 9.17) is 0 Å². The molecule has 1 aliphatic carbocycles. The Morgan fingerprint density at radius 3 is 2.72 bits per heavy atom. The van der Waals surface area contributed by atoms with Crippen LogP contribution in [0, 0.1) is 0 Å².